The number of hydrazine groups is 1. The minimum Gasteiger partial charge on any atom is -0.324 e. The van der Waals surface area contributed by atoms with E-state index in [-0.39, 0.29) is 12.4 Å². The summed E-state index contributed by atoms with van der Waals surface area (Å²) in [5.74, 6) is 4.85. The zero-order valence-corrected chi connectivity index (χ0v) is 8.43. The van der Waals surface area contributed by atoms with E-state index in [9.17, 15) is 23.3 Å². The Morgan fingerprint density at radius 3 is 2.31 bits per heavy atom. The van der Waals surface area contributed by atoms with E-state index in [1.165, 1.54) is 0 Å². The Bertz CT molecular complexity index is 397. The van der Waals surface area contributed by atoms with Crippen LogP contribution >= 0.6 is 12.4 Å². The minimum atomic E-state index is -4.69. The number of nitrogens with one attached hydrogen (secondary N) is 1. The molecule has 0 spiro atoms. The smallest absolute Gasteiger partial charge is 0.324 e. The maximum absolute atomic E-state index is 12.4. The first-order valence-electron chi connectivity index (χ1n) is 3.68. The molecule has 0 saturated carbocycles. The predicted molar refractivity (Wildman–Crippen MR) is 53.2 cm³/mol. The van der Waals surface area contributed by atoms with Gasteiger partial charge < -0.3 is 5.43 Å². The fourth-order valence-electron chi connectivity index (χ4n) is 1.01. The summed E-state index contributed by atoms with van der Waals surface area (Å²) < 4.78 is 37.1. The Balaban J connectivity index is 0.00000225. The first-order chi connectivity index (χ1) is 6.86. The van der Waals surface area contributed by atoms with Crippen molar-refractivity contribution in [2.75, 3.05) is 5.43 Å². The predicted octanol–water partition coefficient (Wildman–Crippen LogP) is 2.32. The topological polar surface area (TPSA) is 81.2 Å². The number of nitrogens with two attached hydrogens (primary N) is 1. The molecule has 1 aromatic carbocycles. The molecule has 90 valence electrons. The Labute approximate surface area is 94.0 Å². The molecule has 9 heteroatoms. The minimum absolute atomic E-state index is 0. The average Bonchev–Trinajstić information content (AvgIpc) is 2.15. The highest BCUT2D eigenvalue weighted by Crippen LogP contribution is 2.36. The maximum atomic E-state index is 12.4. The Morgan fingerprint density at radius 2 is 1.94 bits per heavy atom. The number of anilines is 1. The summed E-state index contributed by atoms with van der Waals surface area (Å²) in [6.45, 7) is 0. The van der Waals surface area contributed by atoms with E-state index < -0.39 is 28.0 Å². The van der Waals surface area contributed by atoms with Crippen molar-refractivity contribution in [3.05, 3.63) is 33.9 Å². The van der Waals surface area contributed by atoms with Crippen molar-refractivity contribution in [2.45, 2.75) is 6.18 Å². The average molecular weight is 258 g/mol. The number of rotatable bonds is 2. The first kappa shape index (κ1) is 14.5. The van der Waals surface area contributed by atoms with Crippen molar-refractivity contribution in [3.8, 4) is 0 Å². The summed E-state index contributed by atoms with van der Waals surface area (Å²) in [5.41, 5.74) is -0.389. The molecule has 0 bridgehead atoms. The number of nitro benzene ring substituents is 1. The molecule has 0 aliphatic heterocycles. The van der Waals surface area contributed by atoms with E-state index in [0.717, 1.165) is 12.1 Å². The molecule has 1 aromatic rings. The molecule has 0 amide bonds. The van der Waals surface area contributed by atoms with Gasteiger partial charge in [0, 0.05) is 12.1 Å². The Hall–Kier alpha value is -1.54. The number of non-ortho nitro benzene ring substituents is 1. The van der Waals surface area contributed by atoms with Gasteiger partial charge in [0.15, 0.2) is 0 Å². The summed E-state index contributed by atoms with van der Waals surface area (Å²) in [5, 5.41) is 10.3. The number of hydrogen-bond acceptors (Lipinski definition) is 4. The third kappa shape index (κ3) is 2.97. The lowest BCUT2D eigenvalue weighted by atomic mass is 10.1. The summed E-state index contributed by atoms with van der Waals surface area (Å²) >= 11 is 0. The summed E-state index contributed by atoms with van der Waals surface area (Å²) in [6, 6.07) is 2.26. The lowest BCUT2D eigenvalue weighted by molar-refractivity contribution is -0.385. The number of halogens is 4. The van der Waals surface area contributed by atoms with Gasteiger partial charge in [-0.3, -0.25) is 16.0 Å². The number of hydrogen-bond donors (Lipinski definition) is 2. The van der Waals surface area contributed by atoms with E-state index >= 15 is 0 Å². The van der Waals surface area contributed by atoms with E-state index in [1.54, 1.807) is 0 Å². The fraction of sp³-hybridized carbons (Fsp3) is 0.143. The van der Waals surface area contributed by atoms with Gasteiger partial charge in [-0.25, -0.2) is 0 Å². The van der Waals surface area contributed by atoms with Gasteiger partial charge in [-0.2, -0.15) is 13.2 Å². The summed E-state index contributed by atoms with van der Waals surface area (Å²) in [7, 11) is 0. The number of benzene rings is 1. The molecule has 0 saturated heterocycles. The van der Waals surface area contributed by atoms with Gasteiger partial charge in [0.2, 0.25) is 0 Å². The SMILES string of the molecule is Cl.NNc1ccc([N+](=O)[O-])cc1C(F)(F)F. The Kier molecular flexibility index (Phi) is 4.51. The largest absolute Gasteiger partial charge is 0.418 e. The maximum Gasteiger partial charge on any atom is 0.418 e. The first-order valence-corrected chi connectivity index (χ1v) is 3.68. The van der Waals surface area contributed by atoms with Crippen LogP contribution in [0.1, 0.15) is 5.56 Å². The van der Waals surface area contributed by atoms with Crippen molar-refractivity contribution < 1.29 is 18.1 Å². The van der Waals surface area contributed by atoms with Crippen molar-refractivity contribution >= 4 is 23.8 Å². The molecular weight excluding hydrogens is 251 g/mol. The van der Waals surface area contributed by atoms with Crippen LogP contribution in [-0.2, 0) is 6.18 Å². The molecule has 0 radical (unpaired) electrons. The quantitative estimate of drug-likeness (QED) is 0.484. The molecule has 16 heavy (non-hydrogen) atoms. The number of alkyl halides is 3. The van der Waals surface area contributed by atoms with Crippen LogP contribution in [-0.4, -0.2) is 4.92 Å². The molecular formula is C7H7ClF3N3O2. The van der Waals surface area contributed by atoms with Crippen LogP contribution in [0.2, 0.25) is 0 Å². The highest BCUT2D eigenvalue weighted by Gasteiger charge is 2.35. The van der Waals surface area contributed by atoms with Crippen molar-refractivity contribution in [1.82, 2.24) is 0 Å². The third-order valence-corrected chi connectivity index (χ3v) is 1.67. The van der Waals surface area contributed by atoms with E-state index in [0.29, 0.717) is 6.07 Å². The van der Waals surface area contributed by atoms with Crippen LogP contribution in [0.5, 0.6) is 0 Å². The normalized spacial score (nSPS) is 10.5. The van der Waals surface area contributed by atoms with E-state index in [4.69, 9.17) is 5.84 Å². The van der Waals surface area contributed by atoms with Crippen LogP contribution < -0.4 is 11.3 Å². The van der Waals surface area contributed by atoms with Gasteiger partial charge in [-0.15, -0.1) is 12.4 Å². The number of nitro groups is 1. The monoisotopic (exact) mass is 257 g/mol. The second-order valence-electron chi connectivity index (χ2n) is 2.63. The molecule has 5 nitrogen and oxygen atoms in total. The van der Waals surface area contributed by atoms with Gasteiger partial charge in [0.05, 0.1) is 16.2 Å². The molecule has 0 aromatic heterocycles. The van der Waals surface area contributed by atoms with Crippen LogP contribution in [0.15, 0.2) is 18.2 Å². The van der Waals surface area contributed by atoms with Gasteiger partial charge in [0.1, 0.15) is 0 Å². The fourth-order valence-corrected chi connectivity index (χ4v) is 1.01. The standard InChI is InChI=1S/C7H6F3N3O2.ClH/c8-7(9,10)5-3-4(13(14)15)1-2-6(5)12-11;/h1-3,12H,11H2;1H. The molecule has 0 aliphatic rings. The lowest BCUT2D eigenvalue weighted by Crippen LogP contribution is -2.15. The van der Waals surface area contributed by atoms with E-state index in [1.807, 2.05) is 5.43 Å². The molecule has 0 atom stereocenters. The van der Waals surface area contributed by atoms with Gasteiger partial charge in [-0.1, -0.05) is 0 Å². The van der Waals surface area contributed by atoms with Crippen LogP contribution in [0.4, 0.5) is 24.5 Å². The zero-order chi connectivity index (χ0) is 11.6. The van der Waals surface area contributed by atoms with Gasteiger partial charge in [0.25, 0.3) is 5.69 Å². The summed E-state index contributed by atoms with van der Waals surface area (Å²) in [6.07, 6.45) is -4.69. The summed E-state index contributed by atoms with van der Waals surface area (Å²) in [4.78, 5) is 9.36. The van der Waals surface area contributed by atoms with E-state index in [2.05, 4.69) is 0 Å². The molecule has 3 N–H and O–H groups in total. The van der Waals surface area contributed by atoms with Gasteiger partial charge >= 0.3 is 6.18 Å². The number of nitrogen functional groups attached to an aromatic ring is 1. The molecule has 0 heterocycles. The molecule has 0 aliphatic carbocycles. The third-order valence-electron chi connectivity index (χ3n) is 1.67. The Morgan fingerprint density at radius 1 is 1.38 bits per heavy atom. The number of nitrogens with zero attached hydrogens (tertiary/aromatic N) is 1. The lowest BCUT2D eigenvalue weighted by Gasteiger charge is -2.11. The zero-order valence-electron chi connectivity index (χ0n) is 7.62. The van der Waals surface area contributed by atoms with Gasteiger partial charge in [-0.05, 0) is 6.07 Å². The van der Waals surface area contributed by atoms with Crippen molar-refractivity contribution in [2.24, 2.45) is 5.84 Å². The van der Waals surface area contributed by atoms with Crippen LogP contribution in [0.25, 0.3) is 0 Å². The molecule has 1 rings (SSSR count). The molecule has 0 unspecified atom stereocenters. The van der Waals surface area contributed by atoms with Crippen molar-refractivity contribution in [3.63, 3.8) is 0 Å². The van der Waals surface area contributed by atoms with Crippen molar-refractivity contribution in [1.29, 1.82) is 0 Å². The molecule has 0 fully saturated rings. The second kappa shape index (κ2) is 4.99. The highest BCUT2D eigenvalue weighted by molar-refractivity contribution is 5.85. The van der Waals surface area contributed by atoms with Crippen LogP contribution in [0.3, 0.4) is 0 Å². The second-order valence-corrected chi connectivity index (χ2v) is 2.63. The van der Waals surface area contributed by atoms with Crippen LogP contribution in [0, 0.1) is 10.1 Å². The highest BCUT2D eigenvalue weighted by atomic mass is 35.5.